The number of benzene rings is 8. The summed E-state index contributed by atoms with van der Waals surface area (Å²) in [6.45, 7) is 4.34. The van der Waals surface area contributed by atoms with Crippen LogP contribution in [0.2, 0.25) is 0 Å². The zero-order valence-corrected chi connectivity index (χ0v) is 30.6. The maximum atomic E-state index is 6.98. The molecule has 0 radical (unpaired) electrons. The number of hydrogen-bond donors (Lipinski definition) is 0. The van der Waals surface area contributed by atoms with E-state index in [4.69, 9.17) is 4.74 Å². The smallest absolute Gasteiger partial charge is 0.256 e. The van der Waals surface area contributed by atoms with E-state index in [-0.39, 0.29) is 6.71 Å². The summed E-state index contributed by atoms with van der Waals surface area (Å²) >= 11 is 0. The molecular weight excluding hydrogens is 669 g/mol. The average molecular weight is 706 g/mol. The van der Waals surface area contributed by atoms with Crippen molar-refractivity contribution in [1.82, 2.24) is 4.57 Å². The molecular formula is C50H36BN3O. The third-order valence-electron chi connectivity index (χ3n) is 11.3. The van der Waals surface area contributed by atoms with Crippen molar-refractivity contribution in [3.63, 3.8) is 0 Å². The predicted molar refractivity (Wildman–Crippen MR) is 231 cm³/mol. The first-order valence-corrected chi connectivity index (χ1v) is 19.0. The van der Waals surface area contributed by atoms with Gasteiger partial charge in [-0.3, -0.25) is 0 Å². The number of fused-ring (bicyclic) bond motifs is 7. The molecule has 0 aliphatic carbocycles. The van der Waals surface area contributed by atoms with E-state index in [1.54, 1.807) is 0 Å². The zero-order valence-electron chi connectivity index (χ0n) is 30.6. The highest BCUT2D eigenvalue weighted by Gasteiger charge is 2.42. The minimum Gasteiger partial charge on any atom is -0.458 e. The summed E-state index contributed by atoms with van der Waals surface area (Å²) in [5.74, 6) is 1.82. The van der Waals surface area contributed by atoms with Gasteiger partial charge in [-0.05, 0) is 121 Å². The van der Waals surface area contributed by atoms with E-state index >= 15 is 0 Å². The second kappa shape index (κ2) is 12.3. The maximum Gasteiger partial charge on any atom is 0.256 e. The summed E-state index contributed by atoms with van der Waals surface area (Å²) in [7, 11) is 0. The molecule has 2 aliphatic rings. The predicted octanol–water partition coefficient (Wildman–Crippen LogP) is 11.3. The lowest BCUT2D eigenvalue weighted by Gasteiger charge is -2.40. The Morgan fingerprint density at radius 1 is 0.455 bits per heavy atom. The standard InChI is InChI=1S/C50H36BN3O/c1-33-21-24-38(25-22-33)53-44-28-23-34(2)29-42(44)51-43-32-47-41(31-49(43)55-48-20-12-19-45(53)50(48)51)40-27-26-39(30-46(40)54(47)37-17-10-5-11-18-37)52(35-13-6-3-7-14-35)36-15-8-4-9-16-36/h3-32H,1-2H3. The van der Waals surface area contributed by atoms with Gasteiger partial charge in [-0.25, -0.2) is 0 Å². The van der Waals surface area contributed by atoms with E-state index in [1.807, 2.05) is 0 Å². The molecule has 4 nitrogen and oxygen atoms in total. The Hall–Kier alpha value is -6.98. The van der Waals surface area contributed by atoms with E-state index in [2.05, 4.69) is 210 Å². The molecule has 0 saturated heterocycles. The lowest BCUT2D eigenvalue weighted by Crippen LogP contribution is -2.59. The van der Waals surface area contributed by atoms with E-state index in [1.165, 1.54) is 38.6 Å². The minimum atomic E-state index is 0.000368. The van der Waals surface area contributed by atoms with Gasteiger partial charge in [0, 0.05) is 50.6 Å². The number of aromatic nitrogens is 1. The molecule has 9 aromatic rings. The fraction of sp³-hybridized carbons (Fsp3) is 0.0400. The molecule has 0 spiro atoms. The lowest BCUT2D eigenvalue weighted by molar-refractivity contribution is 0.488. The van der Waals surface area contributed by atoms with Crippen LogP contribution in [0, 0.1) is 13.8 Å². The summed E-state index contributed by atoms with van der Waals surface area (Å²) in [4.78, 5) is 4.74. The van der Waals surface area contributed by atoms with E-state index < -0.39 is 0 Å². The van der Waals surface area contributed by atoms with E-state index in [0.717, 1.165) is 62.0 Å². The van der Waals surface area contributed by atoms with Gasteiger partial charge >= 0.3 is 0 Å². The first-order chi connectivity index (χ1) is 27.1. The number of ether oxygens (including phenoxy) is 1. The monoisotopic (exact) mass is 705 g/mol. The van der Waals surface area contributed by atoms with Crippen LogP contribution in [0.1, 0.15) is 11.1 Å². The number of rotatable bonds is 5. The lowest BCUT2D eigenvalue weighted by atomic mass is 9.34. The number of aryl methyl sites for hydroxylation is 2. The topological polar surface area (TPSA) is 20.6 Å². The summed E-state index contributed by atoms with van der Waals surface area (Å²) in [5, 5.41) is 2.34. The molecule has 5 heteroatoms. The second-order valence-corrected chi connectivity index (χ2v) is 14.7. The van der Waals surface area contributed by atoms with Crippen LogP contribution in [0.5, 0.6) is 11.5 Å². The van der Waals surface area contributed by atoms with Crippen LogP contribution in [0.15, 0.2) is 182 Å². The number of nitrogens with zero attached hydrogens (tertiary/aromatic N) is 3. The number of para-hydroxylation sites is 3. The Labute approximate surface area is 321 Å². The molecule has 0 atom stereocenters. The van der Waals surface area contributed by atoms with Crippen molar-refractivity contribution < 1.29 is 4.74 Å². The average Bonchev–Trinajstić information content (AvgIpc) is 3.54. The summed E-state index contributed by atoms with van der Waals surface area (Å²) in [5.41, 5.74) is 16.4. The van der Waals surface area contributed by atoms with Gasteiger partial charge in [-0.15, -0.1) is 0 Å². The summed E-state index contributed by atoms with van der Waals surface area (Å²) in [6.07, 6.45) is 0. The van der Waals surface area contributed by atoms with Crippen molar-refractivity contribution in [2.45, 2.75) is 13.8 Å². The van der Waals surface area contributed by atoms with Gasteiger partial charge in [0.2, 0.25) is 0 Å². The molecule has 8 aromatic carbocycles. The Morgan fingerprint density at radius 2 is 1.13 bits per heavy atom. The highest BCUT2D eigenvalue weighted by molar-refractivity contribution is 6.99. The molecule has 1 aromatic heterocycles. The van der Waals surface area contributed by atoms with Gasteiger partial charge in [0.1, 0.15) is 11.5 Å². The molecule has 11 rings (SSSR count). The highest BCUT2D eigenvalue weighted by atomic mass is 16.5. The number of hydrogen-bond acceptors (Lipinski definition) is 3. The Balaban J connectivity index is 1.17. The first kappa shape index (κ1) is 31.5. The normalized spacial score (nSPS) is 12.6. The minimum absolute atomic E-state index is 0.000368. The molecule has 55 heavy (non-hydrogen) atoms. The van der Waals surface area contributed by atoms with Gasteiger partial charge < -0.3 is 19.1 Å². The molecule has 2 aliphatic heterocycles. The van der Waals surface area contributed by atoms with Crippen molar-refractivity contribution >= 4 is 79.0 Å². The molecule has 0 amide bonds. The van der Waals surface area contributed by atoms with Crippen LogP contribution < -0.4 is 30.9 Å². The molecule has 0 fully saturated rings. The van der Waals surface area contributed by atoms with Crippen molar-refractivity contribution in [3.05, 3.63) is 193 Å². The second-order valence-electron chi connectivity index (χ2n) is 14.7. The third kappa shape index (κ3) is 4.93. The Kier molecular flexibility index (Phi) is 7.05. The largest absolute Gasteiger partial charge is 0.458 e. The van der Waals surface area contributed by atoms with Crippen LogP contribution in [-0.4, -0.2) is 11.3 Å². The molecule has 0 unspecified atom stereocenters. The molecule has 3 heterocycles. The third-order valence-corrected chi connectivity index (χ3v) is 11.3. The quantitative estimate of drug-likeness (QED) is 0.166. The van der Waals surface area contributed by atoms with Gasteiger partial charge in [0.25, 0.3) is 6.71 Å². The van der Waals surface area contributed by atoms with Crippen molar-refractivity contribution in [2.24, 2.45) is 0 Å². The SMILES string of the molecule is Cc1ccc(N2c3ccc(C)cc3B3c4cc5c(cc4Oc4cccc2c43)c2ccc(N(c3ccccc3)c3ccccc3)cc2n5-c2ccccc2)cc1. The van der Waals surface area contributed by atoms with Gasteiger partial charge in [-0.1, -0.05) is 102 Å². The molecule has 0 saturated carbocycles. The van der Waals surface area contributed by atoms with Crippen LogP contribution in [0.25, 0.3) is 27.5 Å². The van der Waals surface area contributed by atoms with Crippen LogP contribution in [-0.2, 0) is 0 Å². The van der Waals surface area contributed by atoms with E-state index in [9.17, 15) is 0 Å². The van der Waals surface area contributed by atoms with Crippen molar-refractivity contribution in [3.8, 4) is 17.2 Å². The van der Waals surface area contributed by atoms with Gasteiger partial charge in [0.05, 0.1) is 11.0 Å². The van der Waals surface area contributed by atoms with Crippen LogP contribution in [0.3, 0.4) is 0 Å². The van der Waals surface area contributed by atoms with Gasteiger partial charge in [-0.2, -0.15) is 0 Å². The van der Waals surface area contributed by atoms with Crippen LogP contribution >= 0.6 is 0 Å². The fourth-order valence-corrected chi connectivity index (χ4v) is 8.87. The maximum absolute atomic E-state index is 6.98. The van der Waals surface area contributed by atoms with Crippen LogP contribution in [0.4, 0.5) is 34.1 Å². The van der Waals surface area contributed by atoms with Crippen molar-refractivity contribution in [1.29, 1.82) is 0 Å². The Bertz CT molecular complexity index is 2880. The van der Waals surface area contributed by atoms with Gasteiger partial charge in [0.15, 0.2) is 0 Å². The highest BCUT2D eigenvalue weighted by Crippen LogP contribution is 2.44. The molecule has 0 N–H and O–H groups in total. The first-order valence-electron chi connectivity index (χ1n) is 19.0. The van der Waals surface area contributed by atoms with E-state index in [0.29, 0.717) is 0 Å². The van der Waals surface area contributed by atoms with Crippen molar-refractivity contribution in [2.75, 3.05) is 9.80 Å². The molecule has 260 valence electrons. The zero-order chi connectivity index (χ0) is 36.6. The fourth-order valence-electron chi connectivity index (χ4n) is 8.87. The Morgan fingerprint density at radius 3 is 1.85 bits per heavy atom. The number of anilines is 6. The molecule has 0 bridgehead atoms. The summed E-state index contributed by atoms with van der Waals surface area (Å²) in [6, 6.07) is 65.8. The summed E-state index contributed by atoms with van der Waals surface area (Å²) < 4.78 is 9.41.